The maximum atomic E-state index is 11.3. The Hall–Kier alpha value is -1.59. The highest BCUT2D eigenvalue weighted by atomic mass is 35.5. The Morgan fingerprint density at radius 2 is 1.95 bits per heavy atom. The number of carbonyl (C=O) groups is 2. The van der Waals surface area contributed by atoms with E-state index in [0.29, 0.717) is 10.6 Å². The van der Waals surface area contributed by atoms with Crippen LogP contribution < -0.4 is 5.32 Å². The second kappa shape index (κ2) is 6.54. The van der Waals surface area contributed by atoms with Crippen molar-refractivity contribution < 1.29 is 19.4 Å². The maximum Gasteiger partial charge on any atom is 0.396 e. The van der Waals surface area contributed by atoms with Gasteiger partial charge in [-0.2, -0.15) is 0 Å². The standard InChI is InChI=1S/C13H16ClNO4/c1-3-19-12(17)11(16)15-8-13(2,18)9-4-6-10(14)7-5-9/h4-7,18H,3,8H2,1-2H3,(H,15,16). The van der Waals surface area contributed by atoms with Crippen molar-refractivity contribution in [2.24, 2.45) is 0 Å². The molecule has 19 heavy (non-hydrogen) atoms. The Bertz CT molecular complexity index is 456. The quantitative estimate of drug-likeness (QED) is 0.644. The molecule has 0 bridgehead atoms. The molecule has 5 nitrogen and oxygen atoms in total. The van der Waals surface area contributed by atoms with Gasteiger partial charge in [-0.1, -0.05) is 23.7 Å². The van der Waals surface area contributed by atoms with Gasteiger partial charge >= 0.3 is 11.9 Å². The molecular weight excluding hydrogens is 270 g/mol. The van der Waals surface area contributed by atoms with Gasteiger partial charge in [0, 0.05) is 5.02 Å². The molecular formula is C13H16ClNO4. The van der Waals surface area contributed by atoms with Gasteiger partial charge in [0.2, 0.25) is 0 Å². The largest absolute Gasteiger partial charge is 0.459 e. The molecule has 104 valence electrons. The van der Waals surface area contributed by atoms with Gasteiger partial charge in [0.15, 0.2) is 0 Å². The Morgan fingerprint density at radius 1 is 1.37 bits per heavy atom. The molecule has 1 amide bonds. The fourth-order valence-corrected chi connectivity index (χ4v) is 1.56. The number of nitrogens with one attached hydrogen (secondary N) is 1. The predicted octanol–water partition coefficient (Wildman–Crippen LogP) is 1.23. The first-order chi connectivity index (χ1) is 8.86. The van der Waals surface area contributed by atoms with E-state index in [1.165, 1.54) is 6.92 Å². The number of halogens is 1. The third-order valence-corrected chi connectivity index (χ3v) is 2.77. The Kier molecular flexibility index (Phi) is 5.32. The minimum atomic E-state index is -1.30. The molecule has 6 heteroatoms. The topological polar surface area (TPSA) is 75.6 Å². The summed E-state index contributed by atoms with van der Waals surface area (Å²) in [6, 6.07) is 6.58. The van der Waals surface area contributed by atoms with Gasteiger partial charge in [0.25, 0.3) is 0 Å². The highest BCUT2D eigenvalue weighted by molar-refractivity contribution is 6.32. The minimum Gasteiger partial charge on any atom is -0.459 e. The van der Waals surface area contributed by atoms with Crippen LogP contribution in [0.25, 0.3) is 0 Å². The molecule has 1 rings (SSSR count). The van der Waals surface area contributed by atoms with Crippen molar-refractivity contribution in [3.63, 3.8) is 0 Å². The highest BCUT2D eigenvalue weighted by Crippen LogP contribution is 2.21. The van der Waals surface area contributed by atoms with Crippen LogP contribution in [-0.2, 0) is 19.9 Å². The van der Waals surface area contributed by atoms with Crippen LogP contribution in [0.1, 0.15) is 19.4 Å². The van der Waals surface area contributed by atoms with Crippen molar-refractivity contribution in [2.75, 3.05) is 13.2 Å². The molecule has 0 radical (unpaired) electrons. The van der Waals surface area contributed by atoms with Gasteiger partial charge < -0.3 is 15.2 Å². The lowest BCUT2D eigenvalue weighted by atomic mass is 9.96. The lowest BCUT2D eigenvalue weighted by Gasteiger charge is -2.24. The summed E-state index contributed by atoms with van der Waals surface area (Å²) >= 11 is 5.75. The van der Waals surface area contributed by atoms with Crippen molar-refractivity contribution in [3.05, 3.63) is 34.9 Å². The summed E-state index contributed by atoms with van der Waals surface area (Å²) in [6.07, 6.45) is 0. The number of hydrogen-bond acceptors (Lipinski definition) is 4. The fourth-order valence-electron chi connectivity index (χ4n) is 1.43. The zero-order chi connectivity index (χ0) is 14.5. The van der Waals surface area contributed by atoms with E-state index in [1.54, 1.807) is 31.2 Å². The van der Waals surface area contributed by atoms with Crippen LogP contribution >= 0.6 is 11.6 Å². The van der Waals surface area contributed by atoms with Gasteiger partial charge in [0.1, 0.15) is 5.60 Å². The Morgan fingerprint density at radius 3 is 2.47 bits per heavy atom. The van der Waals surface area contributed by atoms with Crippen molar-refractivity contribution in [2.45, 2.75) is 19.4 Å². The molecule has 0 aliphatic rings. The molecule has 0 heterocycles. The van der Waals surface area contributed by atoms with E-state index in [4.69, 9.17) is 11.6 Å². The van der Waals surface area contributed by atoms with Crippen molar-refractivity contribution in [3.8, 4) is 0 Å². The first kappa shape index (κ1) is 15.5. The van der Waals surface area contributed by atoms with Gasteiger partial charge in [-0.15, -0.1) is 0 Å². The zero-order valence-electron chi connectivity index (χ0n) is 10.8. The summed E-state index contributed by atoms with van der Waals surface area (Å²) in [7, 11) is 0. The van der Waals surface area contributed by atoms with Crippen molar-refractivity contribution >= 4 is 23.5 Å². The normalized spacial score (nSPS) is 13.5. The summed E-state index contributed by atoms with van der Waals surface area (Å²) in [5, 5.41) is 13.1. The lowest BCUT2D eigenvalue weighted by molar-refractivity contribution is -0.155. The van der Waals surface area contributed by atoms with Crippen LogP contribution in [0.3, 0.4) is 0 Å². The second-order valence-corrected chi connectivity index (χ2v) is 4.62. The summed E-state index contributed by atoms with van der Waals surface area (Å²) in [6.45, 7) is 3.16. The highest BCUT2D eigenvalue weighted by Gasteiger charge is 2.25. The molecule has 1 atom stereocenters. The number of amides is 1. The molecule has 0 aliphatic heterocycles. The first-order valence-electron chi connectivity index (χ1n) is 5.80. The SMILES string of the molecule is CCOC(=O)C(=O)NCC(C)(O)c1ccc(Cl)cc1. The molecule has 0 aliphatic carbocycles. The van der Waals surface area contributed by atoms with Crippen LogP contribution in [0.15, 0.2) is 24.3 Å². The van der Waals surface area contributed by atoms with Crippen LogP contribution in [-0.4, -0.2) is 30.1 Å². The van der Waals surface area contributed by atoms with E-state index in [0.717, 1.165) is 0 Å². The number of rotatable bonds is 4. The summed E-state index contributed by atoms with van der Waals surface area (Å²) in [4.78, 5) is 22.5. The zero-order valence-corrected chi connectivity index (χ0v) is 11.5. The van der Waals surface area contributed by atoms with E-state index in [-0.39, 0.29) is 13.2 Å². The van der Waals surface area contributed by atoms with Crippen LogP contribution in [0, 0.1) is 0 Å². The van der Waals surface area contributed by atoms with E-state index in [9.17, 15) is 14.7 Å². The maximum absolute atomic E-state index is 11.3. The number of ether oxygens (including phenoxy) is 1. The minimum absolute atomic E-state index is 0.105. The van der Waals surface area contributed by atoms with Gasteiger partial charge in [-0.05, 0) is 31.5 Å². The molecule has 0 aromatic heterocycles. The molecule has 2 N–H and O–H groups in total. The number of aliphatic hydroxyl groups is 1. The number of benzene rings is 1. The van der Waals surface area contributed by atoms with Crippen molar-refractivity contribution in [1.29, 1.82) is 0 Å². The van der Waals surface area contributed by atoms with Gasteiger partial charge in [-0.3, -0.25) is 4.79 Å². The number of carbonyl (C=O) groups excluding carboxylic acids is 2. The molecule has 1 aromatic carbocycles. The number of esters is 1. The van der Waals surface area contributed by atoms with E-state index >= 15 is 0 Å². The van der Waals surface area contributed by atoms with E-state index in [2.05, 4.69) is 10.1 Å². The lowest BCUT2D eigenvalue weighted by Crippen LogP contribution is -2.42. The first-order valence-corrected chi connectivity index (χ1v) is 6.18. The average Bonchev–Trinajstić information content (AvgIpc) is 2.37. The van der Waals surface area contributed by atoms with Crippen LogP contribution in [0.2, 0.25) is 5.02 Å². The third kappa shape index (κ3) is 4.54. The van der Waals surface area contributed by atoms with E-state index in [1.807, 2.05) is 0 Å². The average molecular weight is 286 g/mol. The molecule has 0 saturated heterocycles. The monoisotopic (exact) mass is 285 g/mol. The Labute approximate surface area is 116 Å². The van der Waals surface area contributed by atoms with Crippen LogP contribution in [0.4, 0.5) is 0 Å². The molecule has 0 fully saturated rings. The van der Waals surface area contributed by atoms with Gasteiger partial charge in [-0.25, -0.2) is 4.79 Å². The Balaban J connectivity index is 2.62. The summed E-state index contributed by atoms with van der Waals surface area (Å²) < 4.78 is 4.54. The fraction of sp³-hybridized carbons (Fsp3) is 0.385. The van der Waals surface area contributed by atoms with E-state index < -0.39 is 17.5 Å². The van der Waals surface area contributed by atoms with Gasteiger partial charge in [0.05, 0.1) is 13.2 Å². The smallest absolute Gasteiger partial charge is 0.396 e. The number of hydrogen-bond donors (Lipinski definition) is 2. The second-order valence-electron chi connectivity index (χ2n) is 4.18. The molecule has 1 aromatic rings. The predicted molar refractivity (Wildman–Crippen MR) is 70.7 cm³/mol. The van der Waals surface area contributed by atoms with Crippen LogP contribution in [0.5, 0.6) is 0 Å². The summed E-state index contributed by atoms with van der Waals surface area (Å²) in [5.74, 6) is -1.84. The molecule has 0 spiro atoms. The molecule has 1 unspecified atom stereocenters. The molecule has 0 saturated carbocycles. The van der Waals surface area contributed by atoms with Crippen molar-refractivity contribution in [1.82, 2.24) is 5.32 Å². The summed E-state index contributed by atoms with van der Waals surface area (Å²) in [5.41, 5.74) is -0.715. The third-order valence-electron chi connectivity index (χ3n) is 2.52.